The predicted molar refractivity (Wildman–Crippen MR) is 56.7 cm³/mol. The molecule has 1 aliphatic heterocycles. The highest BCUT2D eigenvalue weighted by Gasteiger charge is 2.77. The predicted octanol–water partition coefficient (Wildman–Crippen LogP) is 2.22. The number of piperidine rings is 1. The molecule has 1 aliphatic rings. The molecule has 0 radical (unpaired) electrons. The Labute approximate surface area is 111 Å². The third kappa shape index (κ3) is 3.03. The van der Waals surface area contributed by atoms with Gasteiger partial charge in [-0.3, -0.25) is 9.45 Å². The first kappa shape index (κ1) is 17.5. The van der Waals surface area contributed by atoms with Crippen LogP contribution in [0.2, 0.25) is 0 Å². The highest BCUT2D eigenvalue weighted by atomic mass is 32.2. The summed E-state index contributed by atoms with van der Waals surface area (Å²) in [5.74, 6) is -11.5. The molecule has 120 valence electrons. The standard InChI is InChI=1S/C9H13F6NO3S/c10-7(11,6-16-4-2-1-3-5-16)8(12,13)9(14,15)20(17,18)19/h1-6H2,(H,17,18,19). The molecule has 0 amide bonds. The molecule has 0 aromatic rings. The first-order valence-electron chi connectivity index (χ1n) is 5.66. The van der Waals surface area contributed by atoms with Crippen molar-refractivity contribution in [3.63, 3.8) is 0 Å². The Kier molecular flexibility index (Phi) is 4.67. The second-order valence-corrected chi connectivity index (χ2v) is 6.07. The van der Waals surface area contributed by atoms with Gasteiger partial charge in [-0.1, -0.05) is 6.42 Å². The summed E-state index contributed by atoms with van der Waals surface area (Å²) in [5.41, 5.74) is 0. The normalized spacial score (nSPS) is 20.1. The van der Waals surface area contributed by atoms with E-state index in [9.17, 15) is 34.8 Å². The summed E-state index contributed by atoms with van der Waals surface area (Å²) >= 11 is 0. The third-order valence-corrected chi connectivity index (χ3v) is 3.92. The zero-order chi connectivity index (χ0) is 15.8. The lowest BCUT2D eigenvalue weighted by Gasteiger charge is -2.35. The van der Waals surface area contributed by atoms with Gasteiger partial charge in [0.1, 0.15) is 0 Å². The lowest BCUT2D eigenvalue weighted by molar-refractivity contribution is -0.285. The lowest BCUT2D eigenvalue weighted by atomic mass is 10.1. The molecule has 11 heteroatoms. The SMILES string of the molecule is O=S(=O)(O)C(F)(F)C(F)(F)C(F)(F)CN1CCCCC1. The smallest absolute Gasteiger partial charge is 0.297 e. The van der Waals surface area contributed by atoms with E-state index in [2.05, 4.69) is 0 Å². The number of halogens is 6. The summed E-state index contributed by atoms with van der Waals surface area (Å²) in [6.45, 7) is -1.64. The fourth-order valence-corrected chi connectivity index (χ4v) is 2.35. The Hall–Kier alpha value is -0.550. The first-order chi connectivity index (χ1) is 8.83. The van der Waals surface area contributed by atoms with E-state index < -0.39 is 33.8 Å². The van der Waals surface area contributed by atoms with Gasteiger partial charge in [-0.25, -0.2) is 0 Å². The second-order valence-electron chi connectivity index (χ2n) is 4.61. The molecule has 1 N–H and O–H groups in total. The van der Waals surface area contributed by atoms with Crippen molar-refractivity contribution >= 4 is 10.1 Å². The number of rotatable bonds is 5. The maximum Gasteiger partial charge on any atom is 0.437 e. The largest absolute Gasteiger partial charge is 0.437 e. The molecule has 20 heavy (non-hydrogen) atoms. The van der Waals surface area contributed by atoms with E-state index in [-0.39, 0.29) is 13.1 Å². The van der Waals surface area contributed by atoms with E-state index in [1.165, 1.54) is 0 Å². The lowest BCUT2D eigenvalue weighted by Crippen LogP contribution is -2.61. The van der Waals surface area contributed by atoms with Crippen LogP contribution in [-0.4, -0.2) is 54.6 Å². The summed E-state index contributed by atoms with van der Waals surface area (Å²) in [5, 5.41) is -6.26. The van der Waals surface area contributed by atoms with Crippen LogP contribution in [-0.2, 0) is 10.1 Å². The second kappa shape index (κ2) is 5.34. The van der Waals surface area contributed by atoms with Gasteiger partial charge in [-0.15, -0.1) is 0 Å². The van der Waals surface area contributed by atoms with Crippen molar-refractivity contribution in [3.8, 4) is 0 Å². The van der Waals surface area contributed by atoms with Crippen molar-refractivity contribution in [1.29, 1.82) is 0 Å². The molecule has 0 unspecified atom stereocenters. The molecular weight excluding hydrogens is 316 g/mol. The minimum Gasteiger partial charge on any atom is -0.297 e. The Balaban J connectivity index is 2.99. The number of hydrogen-bond donors (Lipinski definition) is 1. The summed E-state index contributed by atoms with van der Waals surface area (Å²) < 4.78 is 107. The molecule has 1 fully saturated rings. The number of likely N-dealkylation sites (tertiary alicyclic amines) is 1. The molecule has 4 nitrogen and oxygen atoms in total. The van der Waals surface area contributed by atoms with E-state index in [0.29, 0.717) is 19.3 Å². The molecular formula is C9H13F6NO3S. The van der Waals surface area contributed by atoms with Crippen molar-refractivity contribution in [2.24, 2.45) is 0 Å². The fraction of sp³-hybridized carbons (Fsp3) is 1.00. The van der Waals surface area contributed by atoms with Gasteiger partial charge in [0, 0.05) is 0 Å². The molecule has 0 atom stereocenters. The number of hydrogen-bond acceptors (Lipinski definition) is 3. The van der Waals surface area contributed by atoms with Crippen LogP contribution in [0.5, 0.6) is 0 Å². The van der Waals surface area contributed by atoms with Gasteiger partial charge >= 0.3 is 27.2 Å². The van der Waals surface area contributed by atoms with E-state index in [1.807, 2.05) is 0 Å². The third-order valence-electron chi connectivity index (χ3n) is 3.02. The summed E-state index contributed by atoms with van der Waals surface area (Å²) in [6.07, 6.45) is 1.62. The zero-order valence-electron chi connectivity index (χ0n) is 10.1. The van der Waals surface area contributed by atoms with Gasteiger partial charge in [0.25, 0.3) is 0 Å². The van der Waals surface area contributed by atoms with Crippen molar-refractivity contribution in [2.75, 3.05) is 19.6 Å². The Morgan fingerprint density at radius 1 is 0.950 bits per heavy atom. The maximum atomic E-state index is 13.4. The minimum absolute atomic E-state index is 0.0309. The van der Waals surface area contributed by atoms with E-state index in [1.54, 1.807) is 0 Å². The van der Waals surface area contributed by atoms with Crippen LogP contribution in [0, 0.1) is 0 Å². The van der Waals surface area contributed by atoms with Crippen molar-refractivity contribution < 1.29 is 39.3 Å². The van der Waals surface area contributed by atoms with Crippen LogP contribution in [0.3, 0.4) is 0 Å². The van der Waals surface area contributed by atoms with Crippen LogP contribution in [0.1, 0.15) is 19.3 Å². The van der Waals surface area contributed by atoms with Gasteiger partial charge in [0.05, 0.1) is 6.54 Å². The Morgan fingerprint density at radius 2 is 1.40 bits per heavy atom. The topological polar surface area (TPSA) is 57.6 Å². The fourth-order valence-electron chi connectivity index (χ4n) is 1.87. The number of nitrogens with zero attached hydrogens (tertiary/aromatic N) is 1. The highest BCUT2D eigenvalue weighted by molar-refractivity contribution is 7.87. The molecule has 1 heterocycles. The van der Waals surface area contributed by atoms with Gasteiger partial charge in [-0.2, -0.15) is 34.8 Å². The molecule has 0 aromatic heterocycles. The summed E-state index contributed by atoms with van der Waals surface area (Å²) in [4.78, 5) is 0.859. The average molecular weight is 329 g/mol. The molecule has 0 spiro atoms. The van der Waals surface area contributed by atoms with Gasteiger partial charge < -0.3 is 0 Å². The van der Waals surface area contributed by atoms with Crippen LogP contribution in [0.25, 0.3) is 0 Å². The van der Waals surface area contributed by atoms with Crippen molar-refractivity contribution in [1.82, 2.24) is 4.90 Å². The average Bonchev–Trinajstić information content (AvgIpc) is 2.27. The van der Waals surface area contributed by atoms with Crippen molar-refractivity contribution in [3.05, 3.63) is 0 Å². The monoisotopic (exact) mass is 329 g/mol. The Morgan fingerprint density at radius 3 is 1.80 bits per heavy atom. The molecule has 0 bridgehead atoms. The molecule has 0 saturated carbocycles. The highest BCUT2D eigenvalue weighted by Crippen LogP contribution is 2.48. The van der Waals surface area contributed by atoms with Crippen LogP contribution in [0.15, 0.2) is 0 Å². The zero-order valence-corrected chi connectivity index (χ0v) is 10.9. The van der Waals surface area contributed by atoms with Gasteiger partial charge in [0.2, 0.25) is 0 Å². The van der Waals surface area contributed by atoms with Gasteiger partial charge in [0.15, 0.2) is 0 Å². The van der Waals surface area contributed by atoms with Crippen LogP contribution >= 0.6 is 0 Å². The maximum absolute atomic E-state index is 13.4. The quantitative estimate of drug-likeness (QED) is 0.621. The number of alkyl halides is 6. The molecule has 0 aliphatic carbocycles. The van der Waals surface area contributed by atoms with Gasteiger partial charge in [-0.05, 0) is 25.9 Å². The van der Waals surface area contributed by atoms with E-state index in [0.717, 1.165) is 4.90 Å². The van der Waals surface area contributed by atoms with Crippen LogP contribution in [0.4, 0.5) is 26.3 Å². The van der Waals surface area contributed by atoms with Crippen molar-refractivity contribution in [2.45, 2.75) is 36.4 Å². The minimum atomic E-state index is -6.67. The van der Waals surface area contributed by atoms with E-state index in [4.69, 9.17) is 4.55 Å². The molecule has 1 rings (SSSR count). The first-order valence-corrected chi connectivity index (χ1v) is 7.10. The molecule has 0 aromatic carbocycles. The van der Waals surface area contributed by atoms with Crippen LogP contribution < -0.4 is 0 Å². The summed E-state index contributed by atoms with van der Waals surface area (Å²) in [7, 11) is -6.67. The Bertz CT molecular complexity index is 447. The molecule has 1 saturated heterocycles. The van der Waals surface area contributed by atoms with E-state index >= 15 is 0 Å². The summed E-state index contributed by atoms with van der Waals surface area (Å²) in [6, 6.07) is 0.